The van der Waals surface area contributed by atoms with E-state index >= 15 is 0 Å². The number of H-pyrrole nitrogens is 1. The summed E-state index contributed by atoms with van der Waals surface area (Å²) < 4.78 is 2.05. The molecule has 8 nitrogen and oxygen atoms in total. The van der Waals surface area contributed by atoms with Crippen LogP contribution in [0.4, 0.5) is 5.69 Å². The molecule has 1 fully saturated rings. The fourth-order valence-electron chi connectivity index (χ4n) is 4.49. The highest BCUT2D eigenvalue weighted by molar-refractivity contribution is 6.31. The van der Waals surface area contributed by atoms with Gasteiger partial charge in [0.15, 0.2) is 0 Å². The van der Waals surface area contributed by atoms with E-state index in [0.717, 1.165) is 34.6 Å². The van der Waals surface area contributed by atoms with Gasteiger partial charge in [0.25, 0.3) is 5.91 Å². The number of nitrogens with zero attached hydrogens (tertiary/aromatic N) is 4. The van der Waals surface area contributed by atoms with Crippen molar-refractivity contribution in [1.82, 2.24) is 24.8 Å². The van der Waals surface area contributed by atoms with Crippen LogP contribution >= 0.6 is 11.6 Å². The van der Waals surface area contributed by atoms with Gasteiger partial charge in [-0.2, -0.15) is 0 Å². The van der Waals surface area contributed by atoms with Gasteiger partial charge in [0.1, 0.15) is 11.5 Å². The molecular weight excluding hydrogens is 464 g/mol. The lowest BCUT2D eigenvalue weighted by Crippen LogP contribution is -2.31. The van der Waals surface area contributed by atoms with Gasteiger partial charge >= 0.3 is 0 Å². The third kappa shape index (κ3) is 4.94. The molecule has 1 atom stereocenters. The van der Waals surface area contributed by atoms with Crippen molar-refractivity contribution < 1.29 is 9.59 Å². The van der Waals surface area contributed by atoms with Crippen LogP contribution in [0, 0.1) is 5.92 Å². The number of amides is 2. The van der Waals surface area contributed by atoms with E-state index in [-0.39, 0.29) is 17.7 Å². The van der Waals surface area contributed by atoms with Crippen LogP contribution < -0.4 is 10.2 Å². The maximum Gasteiger partial charge on any atom is 0.267 e. The number of nitrogens with one attached hydrogen (secondary N) is 2. The van der Waals surface area contributed by atoms with Crippen molar-refractivity contribution in [1.29, 1.82) is 0 Å². The van der Waals surface area contributed by atoms with Crippen molar-refractivity contribution >= 4 is 40.0 Å². The Morgan fingerprint density at radius 3 is 2.71 bits per heavy atom. The fourth-order valence-corrected chi connectivity index (χ4v) is 4.67. The molecule has 1 aliphatic rings. The summed E-state index contributed by atoms with van der Waals surface area (Å²) in [5, 5.41) is 4.47. The molecule has 1 unspecified atom stereocenters. The van der Waals surface area contributed by atoms with Crippen LogP contribution in [-0.2, 0) is 11.3 Å². The molecule has 1 aliphatic heterocycles. The van der Waals surface area contributed by atoms with Crippen LogP contribution in [0.1, 0.15) is 22.7 Å². The Kier molecular flexibility index (Phi) is 6.32. The quantitative estimate of drug-likeness (QED) is 0.412. The van der Waals surface area contributed by atoms with E-state index in [9.17, 15) is 9.59 Å². The van der Waals surface area contributed by atoms with Crippen LogP contribution in [0.2, 0.25) is 5.02 Å². The molecule has 4 aromatic rings. The van der Waals surface area contributed by atoms with Gasteiger partial charge in [-0.05, 0) is 62.6 Å². The van der Waals surface area contributed by atoms with E-state index in [4.69, 9.17) is 11.6 Å². The molecule has 2 aromatic carbocycles. The zero-order chi connectivity index (χ0) is 24.5. The van der Waals surface area contributed by atoms with Gasteiger partial charge < -0.3 is 24.7 Å². The molecule has 0 spiro atoms. The first kappa shape index (κ1) is 23.1. The average molecular weight is 491 g/mol. The van der Waals surface area contributed by atoms with Crippen molar-refractivity contribution in [3.8, 4) is 5.69 Å². The van der Waals surface area contributed by atoms with E-state index in [1.54, 1.807) is 23.2 Å². The van der Waals surface area contributed by atoms with Gasteiger partial charge in [-0.3, -0.25) is 9.59 Å². The minimum atomic E-state index is -0.193. The lowest BCUT2D eigenvalue weighted by molar-refractivity contribution is -0.117. The van der Waals surface area contributed by atoms with Crippen LogP contribution in [-0.4, -0.2) is 58.4 Å². The number of carbonyl (C=O) groups is 2. The highest BCUT2D eigenvalue weighted by Gasteiger charge is 2.31. The highest BCUT2D eigenvalue weighted by atomic mass is 35.5. The molecule has 0 aliphatic carbocycles. The maximum atomic E-state index is 12.7. The summed E-state index contributed by atoms with van der Waals surface area (Å²) in [7, 11) is 4.02. The molecule has 3 heterocycles. The summed E-state index contributed by atoms with van der Waals surface area (Å²) in [6.07, 6.45) is 4.13. The third-order valence-corrected chi connectivity index (χ3v) is 6.43. The predicted octanol–water partition coefficient (Wildman–Crippen LogP) is 3.85. The van der Waals surface area contributed by atoms with Gasteiger partial charge in [0, 0.05) is 65.1 Å². The lowest BCUT2D eigenvalue weighted by atomic mass is 10.1. The first-order chi connectivity index (χ1) is 16.9. The normalized spacial score (nSPS) is 15.9. The fraction of sp³-hybridized carbons (Fsp3) is 0.269. The minimum Gasteiger partial charge on any atom is -0.351 e. The predicted molar refractivity (Wildman–Crippen MR) is 137 cm³/mol. The Hall–Kier alpha value is -3.62. The summed E-state index contributed by atoms with van der Waals surface area (Å²) in [5.41, 5.74) is 3.19. The van der Waals surface area contributed by atoms with E-state index in [1.807, 2.05) is 61.3 Å². The number of halogens is 1. The number of carbonyl (C=O) groups excluding carboxylic acids is 2. The number of fused-ring (bicyclic) bond motifs is 1. The Balaban J connectivity index is 1.21. The molecule has 2 aromatic heterocycles. The molecule has 35 heavy (non-hydrogen) atoms. The van der Waals surface area contributed by atoms with Crippen LogP contribution in [0.5, 0.6) is 0 Å². The smallest absolute Gasteiger partial charge is 0.267 e. The Bertz CT molecular complexity index is 1370. The molecule has 180 valence electrons. The van der Waals surface area contributed by atoms with Gasteiger partial charge in [-0.15, -0.1) is 0 Å². The average Bonchev–Trinajstić information content (AvgIpc) is 3.55. The number of hydrogen-bond donors (Lipinski definition) is 2. The summed E-state index contributed by atoms with van der Waals surface area (Å²) in [4.78, 5) is 36.8. The molecule has 5 rings (SSSR count). The second-order valence-corrected chi connectivity index (χ2v) is 9.60. The lowest BCUT2D eigenvalue weighted by Gasteiger charge is -2.18. The zero-order valence-corrected chi connectivity index (χ0v) is 20.4. The summed E-state index contributed by atoms with van der Waals surface area (Å²) in [6.45, 7) is 1.73. The SMILES string of the molecule is CN(C)Cc1nccn1-c1ccc(N2CC(CNC(=O)c3cc4cc(Cl)ccc4[nH]3)CC2=O)cc1. The first-order valence-electron chi connectivity index (χ1n) is 11.5. The molecular formula is C26H27ClN6O2. The zero-order valence-electron chi connectivity index (χ0n) is 19.7. The molecule has 0 radical (unpaired) electrons. The molecule has 0 bridgehead atoms. The van der Waals surface area contributed by atoms with E-state index in [2.05, 4.69) is 20.2 Å². The summed E-state index contributed by atoms with van der Waals surface area (Å²) >= 11 is 6.04. The van der Waals surface area contributed by atoms with E-state index in [1.165, 1.54) is 0 Å². The summed E-state index contributed by atoms with van der Waals surface area (Å²) in [5.74, 6) is 0.869. The van der Waals surface area contributed by atoms with Crippen LogP contribution in [0.3, 0.4) is 0 Å². The Morgan fingerprint density at radius 1 is 1.17 bits per heavy atom. The van der Waals surface area contributed by atoms with Crippen molar-refractivity contribution in [3.63, 3.8) is 0 Å². The minimum absolute atomic E-state index is 0.0466. The maximum absolute atomic E-state index is 12.7. The number of anilines is 1. The largest absolute Gasteiger partial charge is 0.351 e. The third-order valence-electron chi connectivity index (χ3n) is 6.20. The molecule has 2 amide bonds. The van der Waals surface area contributed by atoms with E-state index < -0.39 is 0 Å². The molecule has 0 saturated carbocycles. The van der Waals surface area contributed by atoms with Gasteiger partial charge in [0.05, 0.1) is 6.54 Å². The Morgan fingerprint density at radius 2 is 1.94 bits per heavy atom. The molecule has 1 saturated heterocycles. The second-order valence-electron chi connectivity index (χ2n) is 9.17. The standard InChI is InChI=1S/C26H27ClN6O2/c1-31(2)16-24-28-9-10-32(24)20-4-6-21(7-5-20)33-15-17(11-25(33)34)14-29-26(35)23-13-18-12-19(27)3-8-22(18)30-23/h3-10,12-13,17,30H,11,14-16H2,1-2H3,(H,29,35). The first-order valence-corrected chi connectivity index (χ1v) is 11.9. The van der Waals surface area contributed by atoms with E-state index in [0.29, 0.717) is 30.2 Å². The van der Waals surface area contributed by atoms with Crippen LogP contribution in [0.15, 0.2) is 60.9 Å². The second kappa shape index (κ2) is 9.56. The number of aromatic amines is 1. The van der Waals surface area contributed by atoms with Crippen molar-refractivity contribution in [3.05, 3.63) is 77.5 Å². The topological polar surface area (TPSA) is 86.3 Å². The van der Waals surface area contributed by atoms with Crippen molar-refractivity contribution in [2.24, 2.45) is 5.92 Å². The van der Waals surface area contributed by atoms with Crippen molar-refractivity contribution in [2.45, 2.75) is 13.0 Å². The van der Waals surface area contributed by atoms with Gasteiger partial charge in [-0.25, -0.2) is 4.98 Å². The molecule has 9 heteroatoms. The monoisotopic (exact) mass is 490 g/mol. The number of imidazole rings is 1. The highest BCUT2D eigenvalue weighted by Crippen LogP contribution is 2.26. The van der Waals surface area contributed by atoms with Crippen LogP contribution in [0.25, 0.3) is 16.6 Å². The number of hydrogen-bond acceptors (Lipinski definition) is 4. The Labute approximate surface area is 208 Å². The van der Waals surface area contributed by atoms with Crippen molar-refractivity contribution in [2.75, 3.05) is 32.1 Å². The molecule has 2 N–H and O–H groups in total. The number of aromatic nitrogens is 3. The summed E-state index contributed by atoms with van der Waals surface area (Å²) in [6, 6.07) is 15.2. The van der Waals surface area contributed by atoms with Gasteiger partial charge in [-0.1, -0.05) is 11.6 Å². The number of rotatable bonds is 7. The number of benzene rings is 2. The van der Waals surface area contributed by atoms with Gasteiger partial charge in [0.2, 0.25) is 5.91 Å².